The number of fused-ring (bicyclic) bond motifs is 2. The number of nitrogens with one attached hydrogen (secondary N) is 2. The Morgan fingerprint density at radius 3 is 2.38 bits per heavy atom. The van der Waals surface area contributed by atoms with Gasteiger partial charge in [-0.2, -0.15) is 18.2 Å². The summed E-state index contributed by atoms with van der Waals surface area (Å²) in [6.07, 6.45) is 1.02. The predicted molar refractivity (Wildman–Crippen MR) is 141 cm³/mol. The van der Waals surface area contributed by atoms with Crippen LogP contribution in [0.5, 0.6) is 0 Å². The largest absolute Gasteiger partial charge is 0.490 e. The molecule has 1 aliphatic heterocycles. The monoisotopic (exact) mass is 565 g/mol. The minimum atomic E-state index is -5.08. The number of anilines is 4. The van der Waals surface area contributed by atoms with Gasteiger partial charge in [0, 0.05) is 43.6 Å². The average Bonchev–Trinajstić information content (AvgIpc) is 3.49. The highest BCUT2D eigenvalue weighted by Gasteiger charge is 2.47. The Hall–Kier alpha value is -3.94. The molecule has 5 rings (SSSR count). The summed E-state index contributed by atoms with van der Waals surface area (Å²) >= 11 is 0. The number of carbonyl (C=O) groups excluding carboxylic acids is 1. The number of halogens is 4. The van der Waals surface area contributed by atoms with E-state index in [1.807, 2.05) is 12.1 Å². The lowest BCUT2D eigenvalue weighted by Crippen LogP contribution is -2.44. The summed E-state index contributed by atoms with van der Waals surface area (Å²) in [5, 5.41) is 13.4. The second-order valence-corrected chi connectivity index (χ2v) is 10.2. The van der Waals surface area contributed by atoms with E-state index in [9.17, 15) is 22.4 Å². The number of aromatic nitrogens is 2. The first-order valence-electron chi connectivity index (χ1n) is 12.7. The number of piperazine rings is 1. The zero-order valence-electron chi connectivity index (χ0n) is 22.0. The van der Waals surface area contributed by atoms with Crippen LogP contribution in [0.3, 0.4) is 0 Å². The maximum atomic E-state index is 14.5. The zero-order valence-corrected chi connectivity index (χ0v) is 22.0. The SMILES string of the molecule is Cc1cc(Nc2ncc(F)c(N[C@H]3[C@@H](C(N)=O)[C@@H]4C=C[C@H]3C4)n2)ccc1N1CCN(C)CC1.O=C(O)C(F)(F)F. The molecule has 2 bridgehead atoms. The number of nitrogens with zero attached hydrogens (tertiary/aromatic N) is 4. The molecule has 1 aromatic carbocycles. The molecule has 10 nitrogen and oxygen atoms in total. The molecule has 1 amide bonds. The van der Waals surface area contributed by atoms with Gasteiger partial charge in [0.15, 0.2) is 11.6 Å². The van der Waals surface area contributed by atoms with Gasteiger partial charge in [0.1, 0.15) is 0 Å². The Kier molecular flexibility index (Phi) is 8.47. The number of aliphatic carboxylic acids is 1. The summed E-state index contributed by atoms with van der Waals surface area (Å²) in [7, 11) is 2.14. The van der Waals surface area contributed by atoms with Crippen LogP contribution in [0.4, 0.5) is 40.7 Å². The van der Waals surface area contributed by atoms with Crippen molar-refractivity contribution in [1.29, 1.82) is 0 Å². The molecule has 40 heavy (non-hydrogen) atoms. The molecule has 3 aliphatic rings. The molecule has 2 aromatic rings. The number of allylic oxidation sites excluding steroid dienone is 1. The molecule has 216 valence electrons. The summed E-state index contributed by atoms with van der Waals surface area (Å²) < 4.78 is 46.3. The third kappa shape index (κ3) is 6.61. The van der Waals surface area contributed by atoms with Crippen molar-refractivity contribution in [3.63, 3.8) is 0 Å². The van der Waals surface area contributed by atoms with Gasteiger partial charge in [0.2, 0.25) is 11.9 Å². The molecule has 14 heteroatoms. The van der Waals surface area contributed by atoms with Gasteiger partial charge in [0.05, 0.1) is 12.1 Å². The number of benzene rings is 1. The highest BCUT2D eigenvalue weighted by Crippen LogP contribution is 2.45. The first kappa shape index (κ1) is 29.1. The lowest BCUT2D eigenvalue weighted by atomic mass is 9.88. The lowest BCUT2D eigenvalue weighted by molar-refractivity contribution is -0.192. The van der Waals surface area contributed by atoms with Crippen molar-refractivity contribution in [3.05, 3.63) is 47.9 Å². The van der Waals surface area contributed by atoms with E-state index in [0.717, 1.165) is 50.0 Å². The predicted octanol–water partition coefficient (Wildman–Crippen LogP) is 3.14. The third-order valence-corrected chi connectivity index (χ3v) is 7.37. The molecule has 1 aromatic heterocycles. The van der Waals surface area contributed by atoms with E-state index < -0.39 is 18.0 Å². The van der Waals surface area contributed by atoms with E-state index >= 15 is 0 Å². The van der Waals surface area contributed by atoms with E-state index in [0.29, 0.717) is 5.95 Å². The number of hydrogen-bond donors (Lipinski definition) is 4. The third-order valence-electron chi connectivity index (χ3n) is 7.37. The van der Waals surface area contributed by atoms with E-state index in [-0.39, 0.29) is 35.5 Å². The van der Waals surface area contributed by atoms with Crippen LogP contribution in [0.2, 0.25) is 0 Å². The van der Waals surface area contributed by atoms with Gasteiger partial charge in [0.25, 0.3) is 0 Å². The summed E-state index contributed by atoms with van der Waals surface area (Å²) in [5.74, 6) is -3.43. The molecular formula is C26H31F4N7O3. The molecule has 0 radical (unpaired) electrons. The summed E-state index contributed by atoms with van der Waals surface area (Å²) in [6.45, 7) is 6.20. The number of rotatable bonds is 6. The van der Waals surface area contributed by atoms with Gasteiger partial charge < -0.3 is 31.3 Å². The van der Waals surface area contributed by atoms with Crippen molar-refractivity contribution in [3.8, 4) is 0 Å². The number of hydrogen-bond acceptors (Lipinski definition) is 8. The van der Waals surface area contributed by atoms with Gasteiger partial charge in [-0.15, -0.1) is 0 Å². The second-order valence-electron chi connectivity index (χ2n) is 10.2. The minimum Gasteiger partial charge on any atom is -0.475 e. The number of carboxylic acid groups (broad SMARTS) is 1. The fourth-order valence-corrected chi connectivity index (χ4v) is 5.36. The quantitative estimate of drug-likeness (QED) is 0.308. The topological polar surface area (TPSA) is 137 Å². The first-order chi connectivity index (χ1) is 18.8. The molecule has 0 unspecified atom stereocenters. The molecule has 4 atom stereocenters. The van der Waals surface area contributed by atoms with E-state index in [2.05, 4.69) is 62.6 Å². The summed E-state index contributed by atoms with van der Waals surface area (Å²) in [5.41, 5.74) is 8.84. The number of alkyl halides is 3. The first-order valence-corrected chi connectivity index (χ1v) is 12.7. The Balaban J connectivity index is 0.000000470. The number of amides is 1. The van der Waals surface area contributed by atoms with Gasteiger partial charge in [-0.25, -0.2) is 14.2 Å². The van der Waals surface area contributed by atoms with Crippen LogP contribution in [0.25, 0.3) is 0 Å². The minimum absolute atomic E-state index is 0.0791. The number of likely N-dealkylation sites (N-methyl/N-ethyl adjacent to an activating group) is 1. The smallest absolute Gasteiger partial charge is 0.475 e. The van der Waals surface area contributed by atoms with Gasteiger partial charge in [-0.05, 0) is 56.0 Å². The Labute approximate surface area is 228 Å². The van der Waals surface area contributed by atoms with E-state index in [1.54, 1.807) is 0 Å². The fourth-order valence-electron chi connectivity index (χ4n) is 5.36. The van der Waals surface area contributed by atoms with E-state index in [1.165, 1.54) is 5.69 Å². The maximum Gasteiger partial charge on any atom is 0.490 e. The van der Waals surface area contributed by atoms with Crippen LogP contribution in [-0.4, -0.2) is 77.3 Å². The van der Waals surface area contributed by atoms with Crippen LogP contribution in [0.1, 0.15) is 12.0 Å². The Bertz CT molecular complexity index is 1280. The number of carbonyl (C=O) groups is 2. The molecule has 2 aliphatic carbocycles. The normalized spacial score (nSPS) is 23.9. The molecular weight excluding hydrogens is 534 g/mol. The van der Waals surface area contributed by atoms with E-state index in [4.69, 9.17) is 15.6 Å². The highest BCUT2D eigenvalue weighted by molar-refractivity contribution is 5.80. The molecule has 1 saturated carbocycles. The molecule has 2 fully saturated rings. The average molecular weight is 566 g/mol. The fraction of sp³-hybridized carbons (Fsp3) is 0.462. The van der Waals surface area contributed by atoms with Crippen LogP contribution in [0, 0.1) is 30.5 Å². The molecule has 1 saturated heterocycles. The van der Waals surface area contributed by atoms with Gasteiger partial charge >= 0.3 is 12.1 Å². The standard InChI is InChI=1S/C24H30FN7O.C2HF3O2/c1-14-11-17(5-6-19(14)32-9-7-31(2)8-10-32)28-24-27-13-18(25)23(30-24)29-21-16-4-3-15(12-16)20(21)22(26)33;3-2(4,5)1(6)7/h3-6,11,13,15-16,20-21H,7-10,12H2,1-2H3,(H2,26,33)(H2,27,28,29,30);(H,6,7)/t15-,16+,20+,21-;/m1./s1. The number of nitrogens with two attached hydrogens (primary N) is 1. The Morgan fingerprint density at radius 2 is 1.77 bits per heavy atom. The van der Waals surface area contributed by atoms with Crippen molar-refractivity contribution in [2.75, 3.05) is 48.8 Å². The summed E-state index contributed by atoms with van der Waals surface area (Å²) in [6, 6.07) is 5.88. The maximum absolute atomic E-state index is 14.5. The molecule has 0 spiro atoms. The van der Waals surface area contributed by atoms with Crippen molar-refractivity contribution >= 4 is 35.0 Å². The van der Waals surface area contributed by atoms with Crippen LogP contribution in [0.15, 0.2) is 36.5 Å². The second kappa shape index (κ2) is 11.7. The Morgan fingerprint density at radius 1 is 1.12 bits per heavy atom. The van der Waals surface area contributed by atoms with Crippen LogP contribution >= 0.6 is 0 Å². The van der Waals surface area contributed by atoms with Gasteiger partial charge in [-0.1, -0.05) is 12.2 Å². The number of carboxylic acids is 1. The zero-order chi connectivity index (χ0) is 29.2. The van der Waals surface area contributed by atoms with Crippen molar-refractivity contribution in [1.82, 2.24) is 14.9 Å². The number of aryl methyl sites for hydroxylation is 1. The van der Waals surface area contributed by atoms with Crippen molar-refractivity contribution < 1.29 is 32.3 Å². The van der Waals surface area contributed by atoms with Crippen LogP contribution < -0.4 is 21.3 Å². The summed E-state index contributed by atoms with van der Waals surface area (Å²) in [4.78, 5) is 34.1. The molecule has 5 N–H and O–H groups in total. The van der Waals surface area contributed by atoms with Gasteiger partial charge in [-0.3, -0.25) is 4.79 Å². The lowest BCUT2D eigenvalue weighted by Gasteiger charge is -2.35. The van der Waals surface area contributed by atoms with Crippen molar-refractivity contribution in [2.24, 2.45) is 23.5 Å². The van der Waals surface area contributed by atoms with Crippen LogP contribution in [-0.2, 0) is 9.59 Å². The van der Waals surface area contributed by atoms with Crippen molar-refractivity contribution in [2.45, 2.75) is 25.6 Å². The highest BCUT2D eigenvalue weighted by atomic mass is 19.4. The number of primary amides is 1. The molecule has 2 heterocycles.